The van der Waals surface area contributed by atoms with Gasteiger partial charge in [-0.25, -0.2) is 8.42 Å². The Morgan fingerprint density at radius 3 is 2.70 bits per heavy atom. The van der Waals surface area contributed by atoms with Crippen LogP contribution in [0.4, 0.5) is 0 Å². The Morgan fingerprint density at radius 1 is 1.22 bits per heavy atom. The monoisotopic (exact) mass is 340 g/mol. The Balaban J connectivity index is 1.95. The number of hydrogen-bond donors (Lipinski definition) is 0. The lowest BCUT2D eigenvalue weighted by atomic mass is 10.3. The van der Waals surface area contributed by atoms with Crippen molar-refractivity contribution in [3.05, 3.63) is 24.3 Å². The molecule has 1 aliphatic heterocycles. The van der Waals surface area contributed by atoms with E-state index in [4.69, 9.17) is 4.74 Å². The molecule has 0 N–H and O–H groups in total. The van der Waals surface area contributed by atoms with E-state index >= 15 is 0 Å². The molecule has 23 heavy (non-hydrogen) atoms. The Kier molecular flexibility index (Phi) is 6.01. The summed E-state index contributed by atoms with van der Waals surface area (Å²) < 4.78 is 30.0. The summed E-state index contributed by atoms with van der Waals surface area (Å²) in [6.07, 6.45) is 0.874. The number of rotatable bonds is 5. The summed E-state index contributed by atoms with van der Waals surface area (Å²) in [4.78, 5) is 15.6. The number of carbonyl (C=O) groups is 1. The first-order valence-electron chi connectivity index (χ1n) is 7.77. The first kappa shape index (κ1) is 17.7. The van der Waals surface area contributed by atoms with Gasteiger partial charge in [-0.2, -0.15) is 0 Å². The van der Waals surface area contributed by atoms with Crippen molar-refractivity contribution in [3.8, 4) is 5.75 Å². The van der Waals surface area contributed by atoms with E-state index in [1.807, 2.05) is 4.90 Å². The van der Waals surface area contributed by atoms with Gasteiger partial charge in [-0.3, -0.25) is 4.79 Å². The van der Waals surface area contributed by atoms with Gasteiger partial charge in [0.2, 0.25) is 5.91 Å². The maximum atomic E-state index is 12.5. The minimum absolute atomic E-state index is 0.0697. The zero-order valence-corrected chi connectivity index (χ0v) is 14.5. The van der Waals surface area contributed by atoms with E-state index in [9.17, 15) is 13.2 Å². The molecule has 0 unspecified atom stereocenters. The molecule has 0 aromatic heterocycles. The molecule has 0 bridgehead atoms. The van der Waals surface area contributed by atoms with Gasteiger partial charge in [0.1, 0.15) is 5.75 Å². The maximum Gasteiger partial charge on any atom is 0.219 e. The highest BCUT2D eigenvalue weighted by Crippen LogP contribution is 2.18. The highest BCUT2D eigenvalue weighted by Gasteiger charge is 2.20. The van der Waals surface area contributed by atoms with E-state index < -0.39 is 9.84 Å². The lowest BCUT2D eigenvalue weighted by Crippen LogP contribution is -2.35. The van der Waals surface area contributed by atoms with Gasteiger partial charge >= 0.3 is 0 Å². The summed E-state index contributed by atoms with van der Waals surface area (Å²) in [5.74, 6) is 0.689. The van der Waals surface area contributed by atoms with Crippen molar-refractivity contribution >= 4 is 15.7 Å². The highest BCUT2D eigenvalue weighted by atomic mass is 32.2. The summed E-state index contributed by atoms with van der Waals surface area (Å²) in [6, 6.07) is 6.56. The molecule has 6 nitrogen and oxygen atoms in total. The van der Waals surface area contributed by atoms with Crippen molar-refractivity contribution in [2.24, 2.45) is 0 Å². The number of ether oxygens (including phenoxy) is 1. The number of amides is 1. The lowest BCUT2D eigenvalue weighted by molar-refractivity contribution is -0.128. The van der Waals surface area contributed by atoms with Gasteiger partial charge in [-0.05, 0) is 31.2 Å². The molecule has 7 heteroatoms. The first-order chi connectivity index (χ1) is 10.9. The third-order valence-electron chi connectivity index (χ3n) is 4.11. The van der Waals surface area contributed by atoms with Gasteiger partial charge in [-0.15, -0.1) is 0 Å². The molecule has 1 saturated heterocycles. The van der Waals surface area contributed by atoms with Crippen LogP contribution in [-0.2, 0) is 14.6 Å². The zero-order chi connectivity index (χ0) is 16.9. The third-order valence-corrected chi connectivity index (χ3v) is 5.80. The van der Waals surface area contributed by atoms with Crippen LogP contribution in [0.1, 0.15) is 13.3 Å². The van der Waals surface area contributed by atoms with E-state index in [2.05, 4.69) is 4.90 Å². The van der Waals surface area contributed by atoms with E-state index in [0.717, 1.165) is 19.5 Å². The molecule has 0 saturated carbocycles. The van der Waals surface area contributed by atoms with E-state index in [1.54, 1.807) is 31.2 Å². The number of hydrogen-bond acceptors (Lipinski definition) is 5. The fourth-order valence-corrected chi connectivity index (χ4v) is 3.99. The molecular weight excluding hydrogens is 316 g/mol. The molecule has 1 amide bonds. The molecule has 1 heterocycles. The molecule has 128 valence electrons. The van der Waals surface area contributed by atoms with Crippen LogP contribution in [0.5, 0.6) is 5.75 Å². The molecule has 1 aliphatic rings. The Bertz CT molecular complexity index is 645. The molecular formula is C16H24N2O4S. The second-order valence-corrected chi connectivity index (χ2v) is 7.81. The SMILES string of the molecule is COc1cccc(S(=O)(=O)CCN2CCCN(C(C)=O)CC2)c1. The standard InChI is InChI=1S/C16H24N2O4S/c1-14(19)18-8-4-7-17(9-10-18)11-12-23(20,21)16-6-3-5-15(13-16)22-2/h3,5-6,13H,4,7-12H2,1-2H3. The molecule has 1 aromatic rings. The third kappa shape index (κ3) is 4.94. The highest BCUT2D eigenvalue weighted by molar-refractivity contribution is 7.91. The normalized spacial score (nSPS) is 16.9. The van der Waals surface area contributed by atoms with Crippen molar-refractivity contribution in [2.45, 2.75) is 18.2 Å². The molecule has 0 aliphatic carbocycles. The quantitative estimate of drug-likeness (QED) is 0.801. The average Bonchev–Trinajstić information content (AvgIpc) is 2.79. The van der Waals surface area contributed by atoms with Crippen molar-refractivity contribution in [1.82, 2.24) is 9.80 Å². The van der Waals surface area contributed by atoms with E-state index in [1.165, 1.54) is 7.11 Å². The predicted molar refractivity (Wildman–Crippen MR) is 88.4 cm³/mol. The van der Waals surface area contributed by atoms with Crippen molar-refractivity contribution in [3.63, 3.8) is 0 Å². The van der Waals surface area contributed by atoms with Crippen LogP contribution in [0.3, 0.4) is 0 Å². The molecule has 0 spiro atoms. The summed E-state index contributed by atoms with van der Waals surface area (Å²) in [6.45, 7) is 4.99. The topological polar surface area (TPSA) is 66.9 Å². The summed E-state index contributed by atoms with van der Waals surface area (Å²) in [5, 5.41) is 0. The van der Waals surface area contributed by atoms with Crippen LogP contribution in [0, 0.1) is 0 Å². The molecule has 0 atom stereocenters. The Hall–Kier alpha value is -1.60. The van der Waals surface area contributed by atoms with Crippen LogP contribution < -0.4 is 4.74 Å². The molecule has 1 fully saturated rings. The van der Waals surface area contributed by atoms with Crippen molar-refractivity contribution in [2.75, 3.05) is 45.6 Å². The maximum absolute atomic E-state index is 12.5. The second kappa shape index (κ2) is 7.79. The molecule has 1 aromatic carbocycles. The van der Waals surface area contributed by atoms with Crippen molar-refractivity contribution < 1.29 is 17.9 Å². The minimum atomic E-state index is -3.34. The van der Waals surface area contributed by atoms with Crippen molar-refractivity contribution in [1.29, 1.82) is 0 Å². The largest absolute Gasteiger partial charge is 0.497 e. The summed E-state index contributed by atoms with van der Waals surface area (Å²) in [7, 11) is -1.82. The smallest absolute Gasteiger partial charge is 0.219 e. The van der Waals surface area contributed by atoms with Crippen LogP contribution in [0.25, 0.3) is 0 Å². The predicted octanol–water partition coefficient (Wildman–Crippen LogP) is 1.02. The number of benzene rings is 1. The van der Waals surface area contributed by atoms with E-state index in [0.29, 0.717) is 25.4 Å². The average molecular weight is 340 g/mol. The number of nitrogens with zero attached hydrogens (tertiary/aromatic N) is 2. The first-order valence-corrected chi connectivity index (χ1v) is 9.42. The van der Waals surface area contributed by atoms with Gasteiger partial charge in [0.05, 0.1) is 17.8 Å². The van der Waals surface area contributed by atoms with Crippen LogP contribution in [0.2, 0.25) is 0 Å². The minimum Gasteiger partial charge on any atom is -0.497 e. The van der Waals surface area contributed by atoms with Gasteiger partial charge in [0.25, 0.3) is 0 Å². The number of sulfone groups is 1. The summed E-state index contributed by atoms with van der Waals surface area (Å²) in [5.41, 5.74) is 0. The Morgan fingerprint density at radius 2 is 2.00 bits per heavy atom. The van der Waals surface area contributed by atoms with Gasteiger partial charge in [0, 0.05) is 33.1 Å². The Labute approximate surface area is 137 Å². The lowest BCUT2D eigenvalue weighted by Gasteiger charge is -2.21. The van der Waals surface area contributed by atoms with Gasteiger partial charge in [-0.1, -0.05) is 6.07 Å². The second-order valence-electron chi connectivity index (χ2n) is 5.70. The van der Waals surface area contributed by atoms with E-state index in [-0.39, 0.29) is 16.6 Å². The zero-order valence-electron chi connectivity index (χ0n) is 13.7. The van der Waals surface area contributed by atoms with Crippen LogP contribution in [0.15, 0.2) is 29.2 Å². The van der Waals surface area contributed by atoms with Gasteiger partial charge in [0.15, 0.2) is 9.84 Å². The number of methoxy groups -OCH3 is 1. The van der Waals surface area contributed by atoms with Gasteiger partial charge < -0.3 is 14.5 Å². The summed E-state index contributed by atoms with van der Waals surface area (Å²) >= 11 is 0. The van der Waals surface area contributed by atoms with Crippen LogP contribution in [-0.4, -0.2) is 69.7 Å². The molecule has 2 rings (SSSR count). The fraction of sp³-hybridized carbons (Fsp3) is 0.562. The van der Waals surface area contributed by atoms with Crippen LogP contribution >= 0.6 is 0 Å². The fourth-order valence-electron chi connectivity index (χ4n) is 2.67. The number of carbonyl (C=O) groups excluding carboxylic acids is 1. The molecule has 0 radical (unpaired) electrons.